The van der Waals surface area contributed by atoms with Gasteiger partial charge in [-0.1, -0.05) is 37.6 Å². The minimum absolute atomic E-state index is 0.216. The van der Waals surface area contributed by atoms with Crippen LogP contribution in [-0.2, 0) is 19.6 Å². The maximum Gasteiger partial charge on any atom is 0.303 e. The lowest BCUT2D eigenvalue weighted by atomic mass is 10.0. The number of rotatable bonds is 14. The number of benzene rings is 1. The Labute approximate surface area is 182 Å². The van der Waals surface area contributed by atoms with E-state index in [2.05, 4.69) is 28.7 Å². The van der Waals surface area contributed by atoms with Crippen LogP contribution in [0, 0.1) is 0 Å². The first kappa shape index (κ1) is 26.2. The number of nitrogens with one attached hydrogen (secondary N) is 1. The second kappa shape index (κ2) is 12.7. The van der Waals surface area contributed by atoms with Crippen molar-refractivity contribution in [3.05, 3.63) is 35.9 Å². The molecule has 0 aliphatic heterocycles. The summed E-state index contributed by atoms with van der Waals surface area (Å²) in [6.45, 7) is 10.7. The van der Waals surface area contributed by atoms with Crippen molar-refractivity contribution in [1.29, 1.82) is 0 Å². The van der Waals surface area contributed by atoms with E-state index in [0.717, 1.165) is 63.6 Å². The minimum atomic E-state index is -3.24. The molecule has 0 saturated carbocycles. The van der Waals surface area contributed by atoms with Crippen LogP contribution in [-0.4, -0.2) is 50.8 Å². The third kappa shape index (κ3) is 12.6. The maximum atomic E-state index is 11.2. The molecule has 1 aromatic rings. The van der Waals surface area contributed by atoms with Gasteiger partial charge in [-0.3, -0.25) is 9.52 Å². The maximum absolute atomic E-state index is 11.2. The van der Waals surface area contributed by atoms with Crippen molar-refractivity contribution in [3.63, 3.8) is 0 Å². The molecule has 0 radical (unpaired) electrons. The average molecular weight is 439 g/mol. The highest BCUT2D eigenvalue weighted by atomic mass is 32.2. The zero-order valence-electron chi connectivity index (χ0n) is 19.1. The Balaban J connectivity index is 2.28. The van der Waals surface area contributed by atoms with E-state index in [9.17, 15) is 13.2 Å². The Morgan fingerprint density at radius 3 is 2.37 bits per heavy atom. The van der Waals surface area contributed by atoms with Crippen molar-refractivity contribution in [2.24, 2.45) is 0 Å². The molecule has 0 heterocycles. The molecule has 6 nitrogen and oxygen atoms in total. The Morgan fingerprint density at radius 1 is 1.13 bits per heavy atom. The van der Waals surface area contributed by atoms with E-state index in [1.807, 2.05) is 26.0 Å². The summed E-state index contributed by atoms with van der Waals surface area (Å²) in [7, 11) is -3.24. The topological polar surface area (TPSA) is 75.7 Å². The van der Waals surface area contributed by atoms with Gasteiger partial charge in [0.05, 0.1) is 6.26 Å². The molecule has 30 heavy (non-hydrogen) atoms. The predicted molar refractivity (Wildman–Crippen MR) is 125 cm³/mol. The highest BCUT2D eigenvalue weighted by Gasteiger charge is 2.20. The van der Waals surface area contributed by atoms with E-state index in [4.69, 9.17) is 4.74 Å². The van der Waals surface area contributed by atoms with Gasteiger partial charge in [-0.25, -0.2) is 8.42 Å². The van der Waals surface area contributed by atoms with Crippen molar-refractivity contribution >= 4 is 27.8 Å². The summed E-state index contributed by atoms with van der Waals surface area (Å²) >= 11 is 0. The van der Waals surface area contributed by atoms with Crippen LogP contribution in [0.2, 0.25) is 0 Å². The molecular weight excluding hydrogens is 400 g/mol. The number of anilines is 1. The quantitative estimate of drug-likeness (QED) is 0.337. The average Bonchev–Trinajstić information content (AvgIpc) is 2.62. The molecule has 1 rings (SSSR count). The lowest BCUT2D eigenvalue weighted by Gasteiger charge is -2.24. The van der Waals surface area contributed by atoms with Crippen molar-refractivity contribution in [2.45, 2.75) is 65.4 Å². The van der Waals surface area contributed by atoms with Crippen molar-refractivity contribution in [3.8, 4) is 0 Å². The molecule has 0 atom stereocenters. The summed E-state index contributed by atoms with van der Waals surface area (Å²) in [5.41, 5.74) is 1.25. The van der Waals surface area contributed by atoms with Crippen molar-refractivity contribution < 1.29 is 17.9 Å². The fourth-order valence-corrected chi connectivity index (χ4v) is 3.85. The van der Waals surface area contributed by atoms with Gasteiger partial charge in [-0.05, 0) is 70.3 Å². The molecule has 0 amide bonds. The SMILES string of the molecule is CCN(CCC=Cc1ccc(NS(C)(=O)=O)cc1)CCCCCC(C)(C)OC(C)=O. The lowest BCUT2D eigenvalue weighted by Crippen LogP contribution is -2.27. The van der Waals surface area contributed by atoms with Gasteiger partial charge in [0.1, 0.15) is 5.60 Å². The number of unbranched alkanes of at least 4 members (excludes halogenated alkanes) is 2. The molecule has 1 aromatic carbocycles. The van der Waals surface area contributed by atoms with Gasteiger partial charge in [0, 0.05) is 19.2 Å². The monoisotopic (exact) mass is 438 g/mol. The van der Waals surface area contributed by atoms with Gasteiger partial charge in [0.15, 0.2) is 0 Å². The summed E-state index contributed by atoms with van der Waals surface area (Å²) in [5, 5.41) is 0. The number of ether oxygens (including phenoxy) is 1. The van der Waals surface area contributed by atoms with Gasteiger partial charge in [-0.2, -0.15) is 0 Å². The molecule has 0 aliphatic carbocycles. The fraction of sp³-hybridized carbons (Fsp3) is 0.609. The summed E-state index contributed by atoms with van der Waals surface area (Å²) in [6, 6.07) is 7.33. The number of nitrogens with zero attached hydrogens (tertiary/aromatic N) is 1. The number of sulfonamides is 1. The molecule has 7 heteroatoms. The van der Waals surface area contributed by atoms with E-state index in [-0.39, 0.29) is 11.6 Å². The first-order valence-electron chi connectivity index (χ1n) is 10.7. The molecule has 0 aliphatic rings. The van der Waals surface area contributed by atoms with E-state index >= 15 is 0 Å². The van der Waals surface area contributed by atoms with Gasteiger partial charge in [0.2, 0.25) is 10.0 Å². The largest absolute Gasteiger partial charge is 0.460 e. The number of hydrogen-bond acceptors (Lipinski definition) is 5. The second-order valence-corrected chi connectivity index (χ2v) is 10.0. The van der Waals surface area contributed by atoms with Gasteiger partial charge in [0.25, 0.3) is 0 Å². The molecule has 0 bridgehead atoms. The van der Waals surface area contributed by atoms with E-state index in [1.54, 1.807) is 12.1 Å². The van der Waals surface area contributed by atoms with Crippen LogP contribution in [0.4, 0.5) is 5.69 Å². The third-order valence-electron chi connectivity index (χ3n) is 4.76. The van der Waals surface area contributed by atoms with Crippen LogP contribution < -0.4 is 4.72 Å². The minimum Gasteiger partial charge on any atom is -0.460 e. The zero-order valence-corrected chi connectivity index (χ0v) is 19.9. The third-order valence-corrected chi connectivity index (χ3v) is 5.36. The Hall–Kier alpha value is -1.86. The van der Waals surface area contributed by atoms with Crippen LogP contribution in [0.25, 0.3) is 6.08 Å². The summed E-state index contributed by atoms with van der Waals surface area (Å²) in [5.74, 6) is -0.216. The molecule has 1 N–H and O–H groups in total. The van der Waals surface area contributed by atoms with E-state index < -0.39 is 10.0 Å². The first-order valence-corrected chi connectivity index (χ1v) is 12.6. The Bertz CT molecular complexity index is 771. The summed E-state index contributed by atoms with van der Waals surface area (Å²) < 4.78 is 30.3. The van der Waals surface area contributed by atoms with Gasteiger partial charge >= 0.3 is 5.97 Å². The Morgan fingerprint density at radius 2 is 1.80 bits per heavy atom. The molecular formula is C23H38N2O4S. The fourth-order valence-electron chi connectivity index (χ4n) is 3.28. The zero-order chi connectivity index (χ0) is 22.6. The van der Waals surface area contributed by atoms with Crippen LogP contribution in [0.3, 0.4) is 0 Å². The van der Waals surface area contributed by atoms with Gasteiger partial charge in [-0.15, -0.1) is 0 Å². The van der Waals surface area contributed by atoms with Crippen LogP contribution in [0.1, 0.15) is 65.4 Å². The highest BCUT2D eigenvalue weighted by molar-refractivity contribution is 7.92. The molecule has 0 spiro atoms. The normalized spacial score (nSPS) is 12.5. The predicted octanol–water partition coefficient (Wildman–Crippen LogP) is 4.69. The molecule has 0 aromatic heterocycles. The summed E-state index contributed by atoms with van der Waals surface area (Å²) in [4.78, 5) is 13.5. The standard InChI is InChI=1S/C23H38N2O4S/c1-6-25(18-10-7-9-17-23(3,4)29-20(2)26)19-11-8-12-21-13-15-22(16-14-21)24-30(5,27)28/h8,12-16,24H,6-7,9-11,17-19H2,1-5H3. The highest BCUT2D eigenvalue weighted by Crippen LogP contribution is 2.19. The molecule has 0 fully saturated rings. The lowest BCUT2D eigenvalue weighted by molar-refractivity contribution is -0.154. The van der Waals surface area contributed by atoms with Crippen LogP contribution in [0.15, 0.2) is 30.3 Å². The Kier molecular flexibility index (Phi) is 11.1. The van der Waals surface area contributed by atoms with Crippen LogP contribution >= 0.6 is 0 Å². The van der Waals surface area contributed by atoms with E-state index in [1.165, 1.54) is 6.92 Å². The van der Waals surface area contributed by atoms with Gasteiger partial charge < -0.3 is 9.64 Å². The number of carbonyl (C=O) groups excluding carboxylic acids is 1. The number of esters is 1. The van der Waals surface area contributed by atoms with Crippen LogP contribution in [0.5, 0.6) is 0 Å². The number of carbonyl (C=O) groups is 1. The second-order valence-electron chi connectivity index (χ2n) is 8.29. The van der Waals surface area contributed by atoms with Crippen molar-refractivity contribution in [2.75, 3.05) is 30.6 Å². The first-order chi connectivity index (χ1) is 14.0. The van der Waals surface area contributed by atoms with E-state index in [0.29, 0.717) is 5.69 Å². The van der Waals surface area contributed by atoms with Crippen molar-refractivity contribution in [1.82, 2.24) is 4.90 Å². The summed E-state index contributed by atoms with van der Waals surface area (Å²) in [6.07, 6.45) is 10.6. The number of hydrogen-bond donors (Lipinski definition) is 1. The molecule has 0 unspecified atom stereocenters. The molecule has 0 saturated heterocycles. The molecule has 170 valence electrons. The smallest absolute Gasteiger partial charge is 0.303 e.